The van der Waals surface area contributed by atoms with Gasteiger partial charge in [-0.3, -0.25) is 4.79 Å². The van der Waals surface area contributed by atoms with Crippen LogP contribution < -0.4 is 5.32 Å². The number of hydrogen-bond acceptors (Lipinski definition) is 4. The number of hydrogen-bond donors (Lipinski definition) is 1. The van der Waals surface area contributed by atoms with Crippen LogP contribution in [0, 0.1) is 5.82 Å². The number of benzene rings is 2. The first-order valence-corrected chi connectivity index (χ1v) is 11.2. The van der Waals surface area contributed by atoms with E-state index in [1.807, 2.05) is 6.26 Å². The molecule has 1 atom stereocenters. The second-order valence-corrected chi connectivity index (χ2v) is 8.91. The molecule has 0 aliphatic carbocycles. The molecule has 0 saturated heterocycles. The number of thioether (sulfide) groups is 1. The quantitative estimate of drug-likeness (QED) is 0.520. The highest BCUT2D eigenvalue weighted by Crippen LogP contribution is 2.28. The van der Waals surface area contributed by atoms with Crippen molar-refractivity contribution >= 4 is 27.5 Å². The summed E-state index contributed by atoms with van der Waals surface area (Å²) in [5.74, 6) is 0.209. The molecule has 1 N–H and O–H groups in total. The molecular weight excluding hydrogens is 373 g/mol. The van der Waals surface area contributed by atoms with Crippen LogP contribution in [0.25, 0.3) is 0 Å². The second-order valence-electron chi connectivity index (χ2n) is 5.80. The zero-order valence-electron chi connectivity index (χ0n) is 14.5. The van der Waals surface area contributed by atoms with E-state index in [-0.39, 0.29) is 17.3 Å². The standard InChI is InChI=1S/C19H22FNO3S2/c1-25-13-5-8-19(22)21-14-18(15-6-3-2-4-7-15)26(23,24)17-11-9-16(20)10-12-17/h2-4,6-7,9-12,18H,5,8,13-14H2,1H3,(H,21,22). The minimum absolute atomic E-state index is 0.0260. The van der Waals surface area contributed by atoms with Gasteiger partial charge in [-0.15, -0.1) is 0 Å². The van der Waals surface area contributed by atoms with E-state index in [0.717, 1.165) is 24.3 Å². The maximum atomic E-state index is 13.1. The molecule has 4 nitrogen and oxygen atoms in total. The van der Waals surface area contributed by atoms with E-state index < -0.39 is 20.9 Å². The van der Waals surface area contributed by atoms with Gasteiger partial charge >= 0.3 is 0 Å². The van der Waals surface area contributed by atoms with Crippen LogP contribution in [-0.2, 0) is 14.6 Å². The van der Waals surface area contributed by atoms with Crippen LogP contribution in [0.4, 0.5) is 4.39 Å². The summed E-state index contributed by atoms with van der Waals surface area (Å²) in [6.07, 6.45) is 3.07. The van der Waals surface area contributed by atoms with Crippen LogP contribution in [0.2, 0.25) is 0 Å². The Hall–Kier alpha value is -1.86. The molecule has 0 spiro atoms. The van der Waals surface area contributed by atoms with Gasteiger partial charge in [0.2, 0.25) is 5.91 Å². The maximum absolute atomic E-state index is 13.1. The molecular formula is C19H22FNO3S2. The van der Waals surface area contributed by atoms with Crippen LogP contribution in [0.15, 0.2) is 59.5 Å². The van der Waals surface area contributed by atoms with Gasteiger partial charge in [0.15, 0.2) is 9.84 Å². The van der Waals surface area contributed by atoms with Gasteiger partial charge in [-0.05, 0) is 48.3 Å². The predicted molar refractivity (Wildman–Crippen MR) is 103 cm³/mol. The fourth-order valence-electron chi connectivity index (χ4n) is 2.53. The Labute approximate surface area is 158 Å². The highest BCUT2D eigenvalue weighted by molar-refractivity contribution is 7.98. The third-order valence-corrected chi connectivity index (χ3v) is 6.74. The molecule has 1 unspecified atom stereocenters. The van der Waals surface area contributed by atoms with Gasteiger partial charge in [0.25, 0.3) is 0 Å². The molecule has 0 fully saturated rings. The van der Waals surface area contributed by atoms with E-state index in [9.17, 15) is 17.6 Å². The Kier molecular flexibility index (Phi) is 7.66. The third-order valence-electron chi connectivity index (χ3n) is 3.93. The fraction of sp³-hybridized carbons (Fsp3) is 0.316. The van der Waals surface area contributed by atoms with Crippen molar-refractivity contribution in [1.29, 1.82) is 0 Å². The summed E-state index contributed by atoms with van der Waals surface area (Å²) in [5.41, 5.74) is 0.584. The van der Waals surface area contributed by atoms with E-state index >= 15 is 0 Å². The van der Waals surface area contributed by atoms with Crippen molar-refractivity contribution in [1.82, 2.24) is 5.32 Å². The van der Waals surface area contributed by atoms with Crippen LogP contribution >= 0.6 is 11.8 Å². The molecule has 7 heteroatoms. The minimum atomic E-state index is -3.78. The summed E-state index contributed by atoms with van der Waals surface area (Å²) < 4.78 is 39.2. The van der Waals surface area contributed by atoms with Crippen molar-refractivity contribution < 1.29 is 17.6 Å². The SMILES string of the molecule is CSCCCC(=O)NCC(c1ccccc1)S(=O)(=O)c1ccc(F)cc1. The largest absolute Gasteiger partial charge is 0.354 e. The van der Waals surface area contributed by atoms with Crippen LogP contribution in [-0.4, -0.2) is 32.9 Å². The summed E-state index contributed by atoms with van der Waals surface area (Å²) in [5, 5.41) is 1.79. The number of sulfone groups is 1. The number of nitrogens with one attached hydrogen (secondary N) is 1. The first-order valence-electron chi connectivity index (χ1n) is 8.25. The second kappa shape index (κ2) is 9.73. The number of rotatable bonds is 9. The minimum Gasteiger partial charge on any atom is -0.354 e. The fourth-order valence-corrected chi connectivity index (χ4v) is 4.63. The lowest BCUT2D eigenvalue weighted by Gasteiger charge is -2.19. The molecule has 0 aliphatic heterocycles. The molecule has 0 radical (unpaired) electrons. The molecule has 2 aromatic carbocycles. The van der Waals surface area contributed by atoms with Gasteiger partial charge in [-0.25, -0.2) is 12.8 Å². The van der Waals surface area contributed by atoms with Crippen molar-refractivity contribution in [3.63, 3.8) is 0 Å². The summed E-state index contributed by atoms with van der Waals surface area (Å²) in [4.78, 5) is 12.0. The normalized spacial score (nSPS) is 12.5. The molecule has 2 rings (SSSR count). The Morgan fingerprint density at radius 1 is 1.12 bits per heavy atom. The molecule has 1 amide bonds. The summed E-state index contributed by atoms with van der Waals surface area (Å²) in [6.45, 7) is -0.0260. The molecule has 140 valence electrons. The predicted octanol–water partition coefficient (Wildman–Crippen LogP) is 3.60. The van der Waals surface area contributed by atoms with Crippen molar-refractivity contribution in [3.05, 3.63) is 66.0 Å². The Bertz CT molecular complexity index is 808. The summed E-state index contributed by atoms with van der Waals surface area (Å²) in [6, 6.07) is 13.5. The Balaban J connectivity index is 2.22. The van der Waals surface area contributed by atoms with Gasteiger partial charge in [0.05, 0.1) is 4.90 Å². The first kappa shape index (κ1) is 20.5. The van der Waals surface area contributed by atoms with E-state index in [4.69, 9.17) is 0 Å². The average molecular weight is 396 g/mol. The Morgan fingerprint density at radius 2 is 1.77 bits per heavy atom. The monoisotopic (exact) mass is 395 g/mol. The van der Waals surface area contributed by atoms with Gasteiger partial charge in [-0.1, -0.05) is 30.3 Å². The lowest BCUT2D eigenvalue weighted by Crippen LogP contribution is -2.31. The van der Waals surface area contributed by atoms with Gasteiger partial charge in [0.1, 0.15) is 11.1 Å². The molecule has 0 saturated carbocycles. The number of amides is 1. The number of carbonyl (C=O) groups is 1. The molecule has 2 aromatic rings. The van der Waals surface area contributed by atoms with E-state index in [2.05, 4.69) is 5.32 Å². The van der Waals surface area contributed by atoms with Crippen LogP contribution in [0.3, 0.4) is 0 Å². The van der Waals surface area contributed by atoms with E-state index in [1.54, 1.807) is 42.1 Å². The van der Waals surface area contributed by atoms with Crippen molar-refractivity contribution in [3.8, 4) is 0 Å². The number of halogens is 1. The molecule has 0 aliphatic rings. The van der Waals surface area contributed by atoms with E-state index in [1.165, 1.54) is 12.1 Å². The lowest BCUT2D eigenvalue weighted by molar-refractivity contribution is -0.121. The van der Waals surface area contributed by atoms with Crippen molar-refractivity contribution in [2.45, 2.75) is 23.0 Å². The highest BCUT2D eigenvalue weighted by Gasteiger charge is 2.29. The van der Waals surface area contributed by atoms with Crippen molar-refractivity contribution in [2.24, 2.45) is 0 Å². The summed E-state index contributed by atoms with van der Waals surface area (Å²) >= 11 is 1.66. The zero-order chi connectivity index (χ0) is 19.0. The highest BCUT2D eigenvalue weighted by atomic mass is 32.2. The maximum Gasteiger partial charge on any atom is 0.220 e. The third kappa shape index (κ3) is 5.57. The molecule has 0 aromatic heterocycles. The molecule has 0 heterocycles. The molecule has 0 bridgehead atoms. The smallest absolute Gasteiger partial charge is 0.220 e. The topological polar surface area (TPSA) is 63.2 Å². The first-order chi connectivity index (χ1) is 12.4. The molecule has 26 heavy (non-hydrogen) atoms. The van der Waals surface area contributed by atoms with Gasteiger partial charge in [-0.2, -0.15) is 11.8 Å². The summed E-state index contributed by atoms with van der Waals surface area (Å²) in [7, 11) is -3.78. The van der Waals surface area contributed by atoms with Crippen LogP contribution in [0.5, 0.6) is 0 Å². The van der Waals surface area contributed by atoms with E-state index in [0.29, 0.717) is 12.0 Å². The average Bonchev–Trinajstić information content (AvgIpc) is 2.63. The lowest BCUT2D eigenvalue weighted by atomic mass is 10.1. The van der Waals surface area contributed by atoms with Crippen molar-refractivity contribution in [2.75, 3.05) is 18.6 Å². The van der Waals surface area contributed by atoms with Crippen LogP contribution in [0.1, 0.15) is 23.7 Å². The van der Waals surface area contributed by atoms with Gasteiger partial charge in [0, 0.05) is 13.0 Å². The Morgan fingerprint density at radius 3 is 2.38 bits per heavy atom. The number of carbonyl (C=O) groups excluding carboxylic acids is 1. The van der Waals surface area contributed by atoms with Gasteiger partial charge < -0.3 is 5.32 Å². The zero-order valence-corrected chi connectivity index (χ0v) is 16.2.